The van der Waals surface area contributed by atoms with E-state index in [4.69, 9.17) is 14.2 Å². The molecule has 7 heteroatoms. The van der Waals surface area contributed by atoms with Crippen LogP contribution in [0.15, 0.2) is 42.5 Å². The molecule has 0 heterocycles. The van der Waals surface area contributed by atoms with Gasteiger partial charge >= 0.3 is 12.1 Å². The molecule has 2 aliphatic rings. The van der Waals surface area contributed by atoms with Gasteiger partial charge in [-0.1, -0.05) is 31.5 Å². The van der Waals surface area contributed by atoms with E-state index in [1.54, 1.807) is 0 Å². The predicted octanol–water partition coefficient (Wildman–Crippen LogP) is 6.44. The molecule has 0 bridgehead atoms. The van der Waals surface area contributed by atoms with Crippen molar-refractivity contribution in [2.24, 2.45) is 11.3 Å². The fourth-order valence-electron chi connectivity index (χ4n) is 6.01. The van der Waals surface area contributed by atoms with E-state index in [9.17, 15) is 18.0 Å². The second-order valence-corrected chi connectivity index (χ2v) is 9.92. The summed E-state index contributed by atoms with van der Waals surface area (Å²) in [6.07, 6.45) is 0.112. The van der Waals surface area contributed by atoms with E-state index in [1.165, 1.54) is 30.4 Å². The summed E-state index contributed by atoms with van der Waals surface area (Å²) in [4.78, 5) is 13.0. The minimum atomic E-state index is -4.35. The van der Waals surface area contributed by atoms with Gasteiger partial charge in [0.1, 0.15) is 12.4 Å². The average Bonchev–Trinajstić information content (AvgIpc) is 2.81. The summed E-state index contributed by atoms with van der Waals surface area (Å²) in [6.45, 7) is 4.38. The minimum absolute atomic E-state index is 0.0453. The van der Waals surface area contributed by atoms with Crippen LogP contribution in [0.4, 0.5) is 13.2 Å². The van der Waals surface area contributed by atoms with Crippen LogP contribution < -0.4 is 4.74 Å². The molecule has 184 valence electrons. The lowest BCUT2D eigenvalue weighted by atomic mass is 9.50. The number of esters is 1. The van der Waals surface area contributed by atoms with Crippen LogP contribution in [0.2, 0.25) is 0 Å². The van der Waals surface area contributed by atoms with Gasteiger partial charge in [0.05, 0.1) is 11.0 Å². The molecular weight excluding hydrogens is 445 g/mol. The highest BCUT2D eigenvalue weighted by molar-refractivity contribution is 5.77. The summed E-state index contributed by atoms with van der Waals surface area (Å²) < 4.78 is 54.7. The van der Waals surface area contributed by atoms with Gasteiger partial charge in [0.25, 0.3) is 0 Å². The zero-order chi connectivity index (χ0) is 24.6. The molecule has 4 nitrogen and oxygen atoms in total. The Kier molecular flexibility index (Phi) is 6.69. The maximum atomic E-state index is 13.0. The third-order valence-electron chi connectivity index (χ3n) is 7.79. The average molecular weight is 477 g/mol. The summed E-state index contributed by atoms with van der Waals surface area (Å²) in [5.41, 5.74) is 1.67. The van der Waals surface area contributed by atoms with E-state index >= 15 is 0 Å². The standard InChI is InChI=1S/C27H31F3O4/c1-25-13-4-14-26(2,24(31)34-17-32-3)23(25)12-8-19-7-11-21(15-22(19)25)33-16-18-5-9-20(10-6-18)27(28,29)30/h5-7,9-11,15,23H,4,8,12-14,16-17H2,1-3H3/t23-,25-,26+/m1/s1. The van der Waals surface area contributed by atoms with Gasteiger partial charge in [0.2, 0.25) is 0 Å². The first-order valence-electron chi connectivity index (χ1n) is 11.7. The molecule has 0 saturated heterocycles. The lowest BCUT2D eigenvalue weighted by Gasteiger charge is -2.54. The number of ether oxygens (including phenoxy) is 3. The Bertz CT molecular complexity index is 1030. The summed E-state index contributed by atoms with van der Waals surface area (Å²) in [5.74, 6) is 0.606. The van der Waals surface area contributed by atoms with E-state index < -0.39 is 17.2 Å². The molecule has 34 heavy (non-hydrogen) atoms. The maximum Gasteiger partial charge on any atom is 0.416 e. The highest BCUT2D eigenvalue weighted by Gasteiger charge is 2.55. The summed E-state index contributed by atoms with van der Waals surface area (Å²) in [6, 6.07) is 11.1. The highest BCUT2D eigenvalue weighted by atomic mass is 19.4. The molecule has 4 rings (SSSR count). The maximum absolute atomic E-state index is 13.0. The Morgan fingerprint density at radius 3 is 2.50 bits per heavy atom. The second-order valence-electron chi connectivity index (χ2n) is 9.92. The number of methoxy groups -OCH3 is 1. The summed E-state index contributed by atoms with van der Waals surface area (Å²) in [5, 5.41) is 0. The molecule has 2 aromatic carbocycles. The molecule has 3 atom stereocenters. The molecule has 0 amide bonds. The smallest absolute Gasteiger partial charge is 0.416 e. The molecule has 0 N–H and O–H groups in total. The largest absolute Gasteiger partial charge is 0.489 e. The van der Waals surface area contributed by atoms with Gasteiger partial charge in [-0.25, -0.2) is 0 Å². The van der Waals surface area contributed by atoms with Crippen LogP contribution in [0.3, 0.4) is 0 Å². The number of aryl methyl sites for hydroxylation is 1. The lowest BCUT2D eigenvalue weighted by molar-refractivity contribution is -0.174. The molecule has 0 aliphatic heterocycles. The van der Waals surface area contributed by atoms with Crippen molar-refractivity contribution >= 4 is 5.97 Å². The van der Waals surface area contributed by atoms with Crippen molar-refractivity contribution in [3.8, 4) is 5.75 Å². The van der Waals surface area contributed by atoms with Crippen molar-refractivity contribution in [1.29, 1.82) is 0 Å². The van der Waals surface area contributed by atoms with Gasteiger partial charge in [-0.3, -0.25) is 4.79 Å². The number of carbonyl (C=O) groups is 1. The van der Waals surface area contributed by atoms with E-state index in [-0.39, 0.29) is 30.7 Å². The quantitative estimate of drug-likeness (QED) is 0.355. The normalized spacial score (nSPS) is 26.4. The number of hydrogen-bond acceptors (Lipinski definition) is 4. The predicted molar refractivity (Wildman–Crippen MR) is 121 cm³/mol. The van der Waals surface area contributed by atoms with E-state index in [1.807, 2.05) is 13.0 Å². The summed E-state index contributed by atoms with van der Waals surface area (Å²) in [7, 11) is 1.50. The van der Waals surface area contributed by atoms with Crippen molar-refractivity contribution in [2.45, 2.75) is 64.1 Å². The van der Waals surface area contributed by atoms with Crippen LogP contribution in [0.5, 0.6) is 5.75 Å². The first-order valence-corrected chi connectivity index (χ1v) is 11.7. The molecule has 2 aliphatic carbocycles. The Labute approximate surface area is 198 Å². The first kappa shape index (κ1) is 24.6. The van der Waals surface area contributed by atoms with Crippen molar-refractivity contribution in [3.63, 3.8) is 0 Å². The van der Waals surface area contributed by atoms with Gasteiger partial charge in [-0.15, -0.1) is 0 Å². The number of carbonyl (C=O) groups excluding carboxylic acids is 1. The highest BCUT2D eigenvalue weighted by Crippen LogP contribution is 2.58. The van der Waals surface area contributed by atoms with Gasteiger partial charge in [-0.05, 0) is 84.9 Å². The van der Waals surface area contributed by atoms with Crippen LogP contribution in [0.25, 0.3) is 0 Å². The molecule has 2 aromatic rings. The van der Waals surface area contributed by atoms with Crippen molar-refractivity contribution in [1.82, 2.24) is 0 Å². The van der Waals surface area contributed by atoms with Crippen LogP contribution in [-0.4, -0.2) is 19.9 Å². The van der Waals surface area contributed by atoms with Crippen molar-refractivity contribution < 1.29 is 32.2 Å². The van der Waals surface area contributed by atoms with Gasteiger partial charge in [0, 0.05) is 7.11 Å². The van der Waals surface area contributed by atoms with Crippen LogP contribution in [0, 0.1) is 11.3 Å². The molecule has 1 fully saturated rings. The molecule has 0 radical (unpaired) electrons. The SMILES string of the molecule is COCOC(=O)[C@@]1(C)CCC[C@]2(C)c3cc(OCc4ccc(C(F)(F)F)cc4)ccc3CC[C@@H]12. The number of fused-ring (bicyclic) bond motifs is 3. The molecule has 0 spiro atoms. The number of benzene rings is 2. The first-order chi connectivity index (χ1) is 16.1. The van der Waals surface area contributed by atoms with E-state index in [0.29, 0.717) is 11.3 Å². The third-order valence-corrected chi connectivity index (χ3v) is 7.79. The second kappa shape index (κ2) is 9.25. The fourth-order valence-corrected chi connectivity index (χ4v) is 6.01. The van der Waals surface area contributed by atoms with Crippen molar-refractivity contribution in [2.75, 3.05) is 13.9 Å². The lowest BCUT2D eigenvalue weighted by Crippen LogP contribution is -2.52. The molecule has 1 saturated carbocycles. The van der Waals surface area contributed by atoms with Gasteiger partial charge in [-0.2, -0.15) is 13.2 Å². The number of hydrogen-bond donors (Lipinski definition) is 0. The number of halogens is 3. The van der Waals surface area contributed by atoms with Crippen LogP contribution in [0.1, 0.15) is 61.8 Å². The van der Waals surface area contributed by atoms with Crippen LogP contribution >= 0.6 is 0 Å². The van der Waals surface area contributed by atoms with Gasteiger partial charge in [0.15, 0.2) is 6.79 Å². The molecule has 0 aromatic heterocycles. The van der Waals surface area contributed by atoms with Gasteiger partial charge < -0.3 is 14.2 Å². The Morgan fingerprint density at radius 1 is 1.09 bits per heavy atom. The van der Waals surface area contributed by atoms with E-state index in [0.717, 1.165) is 44.2 Å². The monoisotopic (exact) mass is 476 g/mol. The topological polar surface area (TPSA) is 44.8 Å². The number of alkyl halides is 3. The number of rotatable bonds is 6. The molecule has 0 unspecified atom stereocenters. The Balaban J connectivity index is 1.54. The summed E-state index contributed by atoms with van der Waals surface area (Å²) >= 11 is 0. The van der Waals surface area contributed by atoms with Crippen LogP contribution in [-0.2, 0) is 38.9 Å². The fraction of sp³-hybridized carbons (Fsp3) is 0.519. The Hall–Kier alpha value is -2.54. The zero-order valence-corrected chi connectivity index (χ0v) is 19.8. The van der Waals surface area contributed by atoms with E-state index in [2.05, 4.69) is 19.1 Å². The minimum Gasteiger partial charge on any atom is -0.489 e. The van der Waals surface area contributed by atoms with Crippen molar-refractivity contribution in [3.05, 3.63) is 64.7 Å². The third kappa shape index (κ3) is 4.54. The molecular formula is C27H31F3O4. The Morgan fingerprint density at radius 2 is 1.82 bits per heavy atom. The zero-order valence-electron chi connectivity index (χ0n) is 19.8.